The van der Waals surface area contributed by atoms with Gasteiger partial charge in [-0.3, -0.25) is 9.59 Å². The van der Waals surface area contributed by atoms with E-state index >= 15 is 0 Å². The summed E-state index contributed by atoms with van der Waals surface area (Å²) in [5.41, 5.74) is 4.67. The van der Waals surface area contributed by atoms with E-state index in [1.165, 1.54) is 19.3 Å². The first kappa shape index (κ1) is 19.4. The van der Waals surface area contributed by atoms with Crippen molar-refractivity contribution in [2.45, 2.75) is 39.5 Å². The number of pyridine rings is 1. The number of hydrogen-bond donors (Lipinski definition) is 1. The molecule has 4 nitrogen and oxygen atoms in total. The summed E-state index contributed by atoms with van der Waals surface area (Å²) < 4.78 is 1.63. The quantitative estimate of drug-likeness (QED) is 0.462. The lowest BCUT2D eigenvalue weighted by molar-refractivity contribution is 0.104. The normalized spacial score (nSPS) is 13.4. The second-order valence-electron chi connectivity index (χ2n) is 8.01. The molecule has 1 aliphatic carbocycles. The summed E-state index contributed by atoms with van der Waals surface area (Å²) in [4.78, 5) is 26.0. The maximum absolute atomic E-state index is 13.5. The van der Waals surface area contributed by atoms with E-state index < -0.39 is 0 Å². The number of nitrogens with zero attached hydrogens (tertiary/aromatic N) is 1. The Balaban J connectivity index is 1.86. The Kier molecular flexibility index (Phi) is 5.27. The van der Waals surface area contributed by atoms with Crippen LogP contribution in [0.15, 0.2) is 47.3 Å². The van der Waals surface area contributed by atoms with E-state index in [4.69, 9.17) is 0 Å². The summed E-state index contributed by atoms with van der Waals surface area (Å²) in [6.07, 6.45) is 4.74. The predicted molar refractivity (Wildman–Crippen MR) is 120 cm³/mol. The van der Waals surface area contributed by atoms with Crippen LogP contribution >= 0.6 is 0 Å². The van der Waals surface area contributed by atoms with Gasteiger partial charge in [0.2, 0.25) is 0 Å². The largest absolute Gasteiger partial charge is 0.384 e. The maximum Gasteiger partial charge on any atom is 0.251 e. The van der Waals surface area contributed by atoms with E-state index in [0.29, 0.717) is 17.0 Å². The number of aromatic nitrogens is 1. The minimum absolute atomic E-state index is 0.0291. The minimum Gasteiger partial charge on any atom is -0.384 e. The van der Waals surface area contributed by atoms with Gasteiger partial charge in [-0.25, -0.2) is 0 Å². The summed E-state index contributed by atoms with van der Waals surface area (Å²) in [5, 5.41) is 4.44. The lowest BCUT2D eigenvalue weighted by atomic mass is 9.83. The standard InChI is InChI=1S/C25H28N2O2/c1-4-6-9-16(5-2)15-26-20-12-13-21-23-19(14-22(28)27(21)3)17-10-7-8-11-18(17)25(29)24(20)23/h7-8,10-14,16,26H,4-6,9,15H2,1-3H3. The van der Waals surface area contributed by atoms with Crippen LogP contribution in [0, 0.1) is 5.92 Å². The molecule has 0 saturated heterocycles. The van der Waals surface area contributed by atoms with Gasteiger partial charge in [0, 0.05) is 36.3 Å². The van der Waals surface area contributed by atoms with Gasteiger partial charge >= 0.3 is 0 Å². The molecule has 1 aliphatic rings. The Bertz CT molecular complexity index is 1140. The molecule has 0 radical (unpaired) electrons. The molecule has 0 aliphatic heterocycles. The Hall–Kier alpha value is -2.88. The summed E-state index contributed by atoms with van der Waals surface area (Å²) in [6, 6.07) is 13.2. The molecule has 1 heterocycles. The van der Waals surface area contributed by atoms with Crippen molar-refractivity contribution in [1.82, 2.24) is 4.57 Å². The van der Waals surface area contributed by atoms with Gasteiger partial charge < -0.3 is 9.88 Å². The predicted octanol–water partition coefficient (Wildman–Crippen LogP) is 5.38. The van der Waals surface area contributed by atoms with Crippen molar-refractivity contribution in [1.29, 1.82) is 0 Å². The van der Waals surface area contributed by atoms with Gasteiger partial charge in [0.15, 0.2) is 5.78 Å². The van der Waals surface area contributed by atoms with E-state index in [9.17, 15) is 9.59 Å². The van der Waals surface area contributed by atoms with Crippen molar-refractivity contribution in [3.8, 4) is 11.1 Å². The van der Waals surface area contributed by atoms with Gasteiger partial charge in [-0.05, 0) is 35.6 Å². The number of anilines is 1. The van der Waals surface area contributed by atoms with Crippen LogP contribution in [-0.4, -0.2) is 16.9 Å². The van der Waals surface area contributed by atoms with Crippen LogP contribution < -0.4 is 10.9 Å². The molecule has 4 heteroatoms. The molecule has 1 atom stereocenters. The zero-order chi connectivity index (χ0) is 20.5. The highest BCUT2D eigenvalue weighted by atomic mass is 16.1. The zero-order valence-electron chi connectivity index (χ0n) is 17.4. The van der Waals surface area contributed by atoms with Crippen molar-refractivity contribution >= 4 is 22.4 Å². The molecular formula is C25H28N2O2. The summed E-state index contributed by atoms with van der Waals surface area (Å²) in [6.45, 7) is 5.29. The molecular weight excluding hydrogens is 360 g/mol. The Morgan fingerprint density at radius 1 is 1.00 bits per heavy atom. The Morgan fingerprint density at radius 3 is 2.48 bits per heavy atom. The Morgan fingerprint density at radius 2 is 1.76 bits per heavy atom. The van der Waals surface area contributed by atoms with Crippen LogP contribution in [0.25, 0.3) is 22.0 Å². The third-order valence-electron chi connectivity index (χ3n) is 6.23. The van der Waals surface area contributed by atoms with Crippen molar-refractivity contribution in [3.05, 3.63) is 63.9 Å². The lowest BCUT2D eigenvalue weighted by Gasteiger charge is -2.24. The maximum atomic E-state index is 13.5. The fourth-order valence-electron chi connectivity index (χ4n) is 4.40. The summed E-state index contributed by atoms with van der Waals surface area (Å²) in [7, 11) is 1.77. The van der Waals surface area contributed by atoms with E-state index in [1.807, 2.05) is 36.4 Å². The molecule has 0 spiro atoms. The van der Waals surface area contributed by atoms with Crippen LogP contribution in [0.2, 0.25) is 0 Å². The molecule has 0 amide bonds. The monoisotopic (exact) mass is 388 g/mol. The third-order valence-corrected chi connectivity index (χ3v) is 6.23. The number of rotatable bonds is 7. The van der Waals surface area contributed by atoms with Gasteiger partial charge in [0.25, 0.3) is 5.56 Å². The fraction of sp³-hybridized carbons (Fsp3) is 0.360. The number of carbonyl (C=O) groups excluding carboxylic acids is 1. The highest BCUT2D eigenvalue weighted by Crippen LogP contribution is 2.41. The van der Waals surface area contributed by atoms with Crippen molar-refractivity contribution in [3.63, 3.8) is 0 Å². The molecule has 0 saturated carbocycles. The number of ketones is 1. The highest BCUT2D eigenvalue weighted by Gasteiger charge is 2.28. The number of fused-ring (bicyclic) bond motifs is 2. The number of carbonyl (C=O) groups is 1. The van der Waals surface area contributed by atoms with Crippen LogP contribution in [0.3, 0.4) is 0 Å². The molecule has 1 N–H and O–H groups in total. The van der Waals surface area contributed by atoms with Gasteiger partial charge in [-0.1, -0.05) is 57.4 Å². The van der Waals surface area contributed by atoms with Crippen molar-refractivity contribution in [2.75, 3.05) is 11.9 Å². The van der Waals surface area contributed by atoms with Crippen LogP contribution in [0.4, 0.5) is 5.69 Å². The first-order valence-corrected chi connectivity index (χ1v) is 10.6. The minimum atomic E-state index is -0.0612. The third kappa shape index (κ3) is 3.27. The molecule has 0 fully saturated rings. The highest BCUT2D eigenvalue weighted by molar-refractivity contribution is 6.28. The molecule has 1 unspecified atom stereocenters. The fourth-order valence-corrected chi connectivity index (χ4v) is 4.40. The number of unbranched alkanes of at least 4 members (excludes halogenated alkanes) is 1. The summed E-state index contributed by atoms with van der Waals surface area (Å²) in [5.74, 6) is 0.616. The smallest absolute Gasteiger partial charge is 0.251 e. The molecule has 1 aromatic heterocycles. The molecule has 4 rings (SSSR count). The van der Waals surface area contributed by atoms with E-state index in [2.05, 4.69) is 19.2 Å². The van der Waals surface area contributed by atoms with Crippen LogP contribution in [-0.2, 0) is 7.05 Å². The summed E-state index contributed by atoms with van der Waals surface area (Å²) >= 11 is 0. The first-order chi connectivity index (χ1) is 14.1. The van der Waals surface area contributed by atoms with E-state index in [0.717, 1.165) is 40.7 Å². The first-order valence-electron chi connectivity index (χ1n) is 10.6. The molecule has 2 aromatic carbocycles. The second kappa shape index (κ2) is 7.86. The zero-order valence-corrected chi connectivity index (χ0v) is 17.4. The molecule has 150 valence electrons. The van der Waals surface area contributed by atoms with Crippen molar-refractivity contribution in [2.24, 2.45) is 13.0 Å². The second-order valence-corrected chi connectivity index (χ2v) is 8.01. The van der Waals surface area contributed by atoms with Gasteiger partial charge in [-0.15, -0.1) is 0 Å². The van der Waals surface area contributed by atoms with Gasteiger partial charge in [0.05, 0.1) is 11.1 Å². The average Bonchev–Trinajstić information content (AvgIpc) is 2.75. The van der Waals surface area contributed by atoms with Crippen molar-refractivity contribution < 1.29 is 4.79 Å². The number of hydrogen-bond acceptors (Lipinski definition) is 3. The average molecular weight is 389 g/mol. The van der Waals surface area contributed by atoms with Crippen LogP contribution in [0.5, 0.6) is 0 Å². The van der Waals surface area contributed by atoms with Gasteiger partial charge in [-0.2, -0.15) is 0 Å². The number of aryl methyl sites for hydroxylation is 1. The lowest BCUT2D eigenvalue weighted by Crippen LogP contribution is -2.22. The topological polar surface area (TPSA) is 51.1 Å². The molecule has 0 bridgehead atoms. The van der Waals surface area contributed by atoms with Crippen LogP contribution in [0.1, 0.15) is 55.5 Å². The number of benzene rings is 2. The van der Waals surface area contributed by atoms with E-state index in [-0.39, 0.29) is 11.3 Å². The molecule has 29 heavy (non-hydrogen) atoms. The number of nitrogens with one attached hydrogen (secondary N) is 1. The SMILES string of the molecule is CCCCC(CC)CNc1ccc2c3c(cc(=O)n2C)-c2ccccc2C(=O)c13. The van der Waals surface area contributed by atoms with E-state index in [1.54, 1.807) is 17.7 Å². The van der Waals surface area contributed by atoms with Gasteiger partial charge in [0.1, 0.15) is 0 Å². The Labute approximate surface area is 171 Å². The molecule has 3 aromatic rings.